The number of para-hydroxylation sites is 1. The number of aryl methyl sites for hydroxylation is 1. The molecule has 0 radical (unpaired) electrons. The molecule has 0 spiro atoms. The van der Waals surface area contributed by atoms with E-state index in [4.69, 9.17) is 0 Å². The number of rotatable bonds is 11. The summed E-state index contributed by atoms with van der Waals surface area (Å²) in [6, 6.07) is 26.6. The summed E-state index contributed by atoms with van der Waals surface area (Å²) >= 11 is 0. The van der Waals surface area contributed by atoms with Gasteiger partial charge in [-0.15, -0.1) is 0 Å². The van der Waals surface area contributed by atoms with Crippen molar-refractivity contribution in [2.24, 2.45) is 11.8 Å². The second-order valence-corrected chi connectivity index (χ2v) is 10.5. The van der Waals surface area contributed by atoms with Crippen molar-refractivity contribution in [3.05, 3.63) is 102 Å². The Kier molecular flexibility index (Phi) is 9.90. The minimum Gasteiger partial charge on any atom is -0.481 e. The first kappa shape index (κ1) is 28.1. The van der Waals surface area contributed by atoms with Crippen molar-refractivity contribution in [1.29, 1.82) is 0 Å². The number of nitrogens with one attached hydrogen (secondary N) is 1. The van der Waals surface area contributed by atoms with Crippen LogP contribution in [0.3, 0.4) is 0 Å². The van der Waals surface area contributed by atoms with E-state index in [1.54, 1.807) is 4.90 Å². The molecule has 1 heterocycles. The number of benzene rings is 3. The summed E-state index contributed by atoms with van der Waals surface area (Å²) in [5, 5.41) is 13.0. The SMILES string of the molecule is Cc1ccccc1N1CCCC[C@H](NC(=O)[C@H](CCC(Cc2ccccc2)C(=O)O)Cc2ccccc2)C1=O. The third-order valence-corrected chi connectivity index (χ3v) is 7.64. The summed E-state index contributed by atoms with van der Waals surface area (Å²) in [7, 11) is 0. The van der Waals surface area contributed by atoms with Crippen LogP contribution in [0, 0.1) is 18.8 Å². The van der Waals surface area contributed by atoms with Gasteiger partial charge in [0.05, 0.1) is 5.92 Å². The molecule has 1 unspecified atom stereocenters. The van der Waals surface area contributed by atoms with Crippen molar-refractivity contribution < 1.29 is 19.5 Å². The normalized spacial score (nSPS) is 17.2. The van der Waals surface area contributed by atoms with Gasteiger partial charge in [0.15, 0.2) is 0 Å². The highest BCUT2D eigenvalue weighted by Gasteiger charge is 2.32. The van der Waals surface area contributed by atoms with E-state index in [1.165, 1.54) is 0 Å². The predicted octanol–water partition coefficient (Wildman–Crippen LogP) is 5.58. The molecule has 3 atom stereocenters. The maximum absolute atomic E-state index is 13.7. The summed E-state index contributed by atoms with van der Waals surface area (Å²) in [5.74, 6) is -2.15. The molecule has 3 aromatic rings. The second-order valence-electron chi connectivity index (χ2n) is 10.5. The minimum absolute atomic E-state index is 0.0823. The fraction of sp³-hybridized carbons (Fsp3) is 0.364. The molecule has 1 aliphatic rings. The molecular formula is C33H38N2O4. The van der Waals surface area contributed by atoms with Crippen LogP contribution in [0.5, 0.6) is 0 Å². The molecule has 1 saturated heterocycles. The Balaban J connectivity index is 1.49. The summed E-state index contributed by atoms with van der Waals surface area (Å²) in [4.78, 5) is 41.2. The van der Waals surface area contributed by atoms with Gasteiger partial charge in [0.2, 0.25) is 11.8 Å². The standard InChI is InChI=1S/C33H38N2O4/c1-24-12-8-9-18-30(24)35-21-11-10-17-29(32(35)37)34-31(36)27(22-25-13-4-2-5-14-25)19-20-28(33(38)39)23-26-15-6-3-7-16-26/h2-9,12-16,18,27-29H,10-11,17,19-23H2,1H3,(H,34,36)(H,38,39)/t27-,28?,29+/m1/s1. The monoisotopic (exact) mass is 526 g/mol. The number of carboxylic acids is 1. The highest BCUT2D eigenvalue weighted by atomic mass is 16.4. The van der Waals surface area contributed by atoms with Crippen molar-refractivity contribution in [3.8, 4) is 0 Å². The molecule has 6 heteroatoms. The Morgan fingerprint density at radius 1 is 0.846 bits per heavy atom. The number of anilines is 1. The van der Waals surface area contributed by atoms with Gasteiger partial charge in [0.1, 0.15) is 6.04 Å². The molecule has 1 fully saturated rings. The predicted molar refractivity (Wildman–Crippen MR) is 153 cm³/mol. The second kappa shape index (κ2) is 13.7. The van der Waals surface area contributed by atoms with E-state index >= 15 is 0 Å². The van der Waals surface area contributed by atoms with Gasteiger partial charge in [-0.05, 0) is 74.6 Å². The lowest BCUT2D eigenvalue weighted by Gasteiger charge is -2.28. The lowest BCUT2D eigenvalue weighted by molar-refractivity contribution is -0.142. The van der Waals surface area contributed by atoms with Gasteiger partial charge in [-0.2, -0.15) is 0 Å². The number of aliphatic carboxylic acids is 1. The van der Waals surface area contributed by atoms with Crippen molar-refractivity contribution >= 4 is 23.5 Å². The first-order chi connectivity index (χ1) is 18.9. The highest BCUT2D eigenvalue weighted by molar-refractivity contribution is 6.00. The molecule has 39 heavy (non-hydrogen) atoms. The van der Waals surface area contributed by atoms with Crippen molar-refractivity contribution in [2.45, 2.75) is 57.9 Å². The zero-order valence-electron chi connectivity index (χ0n) is 22.6. The van der Waals surface area contributed by atoms with Crippen LogP contribution < -0.4 is 10.2 Å². The molecule has 3 aromatic carbocycles. The van der Waals surface area contributed by atoms with Gasteiger partial charge in [0.25, 0.3) is 0 Å². The maximum atomic E-state index is 13.7. The molecule has 6 nitrogen and oxygen atoms in total. The van der Waals surface area contributed by atoms with Crippen molar-refractivity contribution in [2.75, 3.05) is 11.4 Å². The molecule has 0 aliphatic carbocycles. The Morgan fingerprint density at radius 3 is 2.03 bits per heavy atom. The number of amides is 2. The Bertz CT molecular complexity index is 1240. The third-order valence-electron chi connectivity index (χ3n) is 7.64. The van der Waals surface area contributed by atoms with E-state index in [9.17, 15) is 19.5 Å². The molecule has 204 valence electrons. The summed E-state index contributed by atoms with van der Waals surface area (Å²) in [6.45, 7) is 2.62. The zero-order valence-corrected chi connectivity index (χ0v) is 22.6. The lowest BCUT2D eigenvalue weighted by Crippen LogP contribution is -2.49. The van der Waals surface area contributed by atoms with Gasteiger partial charge < -0.3 is 15.3 Å². The molecule has 0 saturated carbocycles. The van der Waals surface area contributed by atoms with Gasteiger partial charge in [-0.25, -0.2) is 0 Å². The topological polar surface area (TPSA) is 86.7 Å². The first-order valence-corrected chi connectivity index (χ1v) is 13.9. The highest BCUT2D eigenvalue weighted by Crippen LogP contribution is 2.26. The van der Waals surface area contributed by atoms with Crippen LogP contribution in [-0.2, 0) is 27.2 Å². The Labute approximate surface area is 231 Å². The average molecular weight is 527 g/mol. The maximum Gasteiger partial charge on any atom is 0.306 e. The molecule has 4 rings (SSSR count). The van der Waals surface area contributed by atoms with E-state index in [0.717, 1.165) is 35.2 Å². The zero-order chi connectivity index (χ0) is 27.6. The Hall–Kier alpha value is -3.93. The van der Waals surface area contributed by atoms with Crippen LogP contribution >= 0.6 is 0 Å². The molecule has 2 N–H and O–H groups in total. The number of carbonyl (C=O) groups excluding carboxylic acids is 2. The van der Waals surface area contributed by atoms with Crippen LogP contribution in [0.1, 0.15) is 48.8 Å². The summed E-state index contributed by atoms with van der Waals surface area (Å²) in [5.41, 5.74) is 3.89. The van der Waals surface area contributed by atoms with Crippen LogP contribution in [0.25, 0.3) is 0 Å². The first-order valence-electron chi connectivity index (χ1n) is 13.9. The van der Waals surface area contributed by atoms with E-state index in [0.29, 0.717) is 38.6 Å². The smallest absolute Gasteiger partial charge is 0.306 e. The average Bonchev–Trinajstić information content (AvgIpc) is 3.12. The molecule has 0 bridgehead atoms. The number of hydrogen-bond acceptors (Lipinski definition) is 3. The number of carbonyl (C=O) groups is 3. The van der Waals surface area contributed by atoms with Gasteiger partial charge in [-0.1, -0.05) is 78.9 Å². The van der Waals surface area contributed by atoms with Crippen LogP contribution in [0.15, 0.2) is 84.9 Å². The van der Waals surface area contributed by atoms with E-state index in [-0.39, 0.29) is 11.8 Å². The number of carboxylic acid groups (broad SMARTS) is 1. The van der Waals surface area contributed by atoms with E-state index < -0.39 is 23.8 Å². The molecule has 2 amide bonds. The van der Waals surface area contributed by atoms with Crippen LogP contribution in [0.4, 0.5) is 5.69 Å². The largest absolute Gasteiger partial charge is 0.481 e. The summed E-state index contributed by atoms with van der Waals surface area (Å²) < 4.78 is 0. The minimum atomic E-state index is -0.856. The van der Waals surface area contributed by atoms with Crippen LogP contribution in [0.2, 0.25) is 0 Å². The van der Waals surface area contributed by atoms with Gasteiger partial charge >= 0.3 is 5.97 Å². The fourth-order valence-corrected chi connectivity index (χ4v) is 5.41. The van der Waals surface area contributed by atoms with Crippen LogP contribution in [-0.4, -0.2) is 35.5 Å². The molecule has 1 aliphatic heterocycles. The fourth-order valence-electron chi connectivity index (χ4n) is 5.41. The summed E-state index contributed by atoms with van der Waals surface area (Å²) in [6.07, 6.45) is 4.03. The third kappa shape index (κ3) is 7.79. The quantitative estimate of drug-likeness (QED) is 0.342. The van der Waals surface area contributed by atoms with Gasteiger partial charge in [-0.3, -0.25) is 14.4 Å². The van der Waals surface area contributed by atoms with Crippen molar-refractivity contribution in [3.63, 3.8) is 0 Å². The molecular weight excluding hydrogens is 488 g/mol. The van der Waals surface area contributed by atoms with E-state index in [2.05, 4.69) is 5.32 Å². The molecule has 0 aromatic heterocycles. The number of hydrogen-bond donors (Lipinski definition) is 2. The lowest BCUT2D eigenvalue weighted by atomic mass is 9.87. The number of nitrogens with zero attached hydrogens (tertiary/aromatic N) is 1. The van der Waals surface area contributed by atoms with Crippen molar-refractivity contribution in [1.82, 2.24) is 5.32 Å². The van der Waals surface area contributed by atoms with E-state index in [1.807, 2.05) is 91.9 Å². The Morgan fingerprint density at radius 2 is 1.41 bits per heavy atom. The van der Waals surface area contributed by atoms with Gasteiger partial charge in [0, 0.05) is 18.2 Å².